The molecule has 3 aromatic rings. The molecule has 13 nitrogen and oxygen atoms in total. The third kappa shape index (κ3) is 7.04. The van der Waals surface area contributed by atoms with Gasteiger partial charge in [0, 0.05) is 24.6 Å². The smallest absolute Gasteiger partial charge is 0.352 e. The van der Waals surface area contributed by atoms with Crippen LogP contribution in [0, 0.1) is 0 Å². The molecular weight excluding hydrogens is 558 g/mol. The first-order valence-corrected chi connectivity index (χ1v) is 13.5. The van der Waals surface area contributed by atoms with Gasteiger partial charge in [-0.25, -0.2) is 15.4 Å². The van der Waals surface area contributed by atoms with E-state index in [0.717, 1.165) is 21.3 Å². The maximum atomic E-state index is 12.7. The Bertz CT molecular complexity index is 1540. The monoisotopic (exact) mass is 591 g/mol. The van der Waals surface area contributed by atoms with Gasteiger partial charge in [0.15, 0.2) is 5.72 Å². The molecule has 226 valence electrons. The lowest BCUT2D eigenvalue weighted by Gasteiger charge is -2.29. The highest BCUT2D eigenvalue weighted by Gasteiger charge is 2.46. The summed E-state index contributed by atoms with van der Waals surface area (Å²) in [6.45, 7) is 2.84. The summed E-state index contributed by atoms with van der Waals surface area (Å²) < 4.78 is 6.39. The van der Waals surface area contributed by atoms with Crippen molar-refractivity contribution in [3.8, 4) is 11.1 Å². The number of aliphatic hydroxyl groups is 2. The topological polar surface area (TPSA) is 197 Å². The predicted octanol–water partition coefficient (Wildman–Crippen LogP) is 1.01. The van der Waals surface area contributed by atoms with Gasteiger partial charge in [-0.05, 0) is 35.6 Å². The molecule has 4 rings (SSSR count). The Kier molecular flexibility index (Phi) is 9.83. The van der Waals surface area contributed by atoms with E-state index in [2.05, 4.69) is 16.9 Å². The molecule has 13 heteroatoms. The number of nitrogens with two attached hydrogens (primary N) is 1. The molecule has 2 heterocycles. The van der Waals surface area contributed by atoms with Crippen molar-refractivity contribution < 1.29 is 34.4 Å². The van der Waals surface area contributed by atoms with E-state index in [1.54, 1.807) is 0 Å². The predicted molar refractivity (Wildman–Crippen MR) is 155 cm³/mol. The molecule has 1 aromatic heterocycles. The first-order chi connectivity index (χ1) is 20.6. The first kappa shape index (κ1) is 31.3. The van der Waals surface area contributed by atoms with E-state index < -0.39 is 48.0 Å². The Morgan fingerprint density at radius 2 is 1.79 bits per heavy atom. The van der Waals surface area contributed by atoms with Crippen molar-refractivity contribution in [2.75, 3.05) is 18.5 Å². The Morgan fingerprint density at radius 3 is 2.37 bits per heavy atom. The minimum absolute atomic E-state index is 0.0279. The molecular formula is C30H33N5O8. The summed E-state index contributed by atoms with van der Waals surface area (Å²) in [5, 5.41) is 32.5. The second-order valence-electron chi connectivity index (χ2n) is 10.1. The number of aromatic nitrogens is 2. The molecule has 0 radical (unpaired) electrons. The fraction of sp³-hybridized carbons (Fsp3) is 0.300. The molecule has 1 aliphatic rings. The van der Waals surface area contributed by atoms with Gasteiger partial charge < -0.3 is 25.4 Å². The van der Waals surface area contributed by atoms with Gasteiger partial charge in [-0.15, -0.1) is 0 Å². The Labute approximate surface area is 246 Å². The van der Waals surface area contributed by atoms with E-state index >= 15 is 0 Å². The summed E-state index contributed by atoms with van der Waals surface area (Å²) in [6.07, 6.45) is -0.164. The maximum absolute atomic E-state index is 12.7. The number of carbonyl (C=O) groups excluding carboxylic acids is 2. The number of nitrogens with one attached hydrogen (secondary N) is 1. The highest BCUT2D eigenvalue weighted by atomic mass is 16.5. The number of carboxylic acid groups (broad SMARTS) is 1. The Hall–Kier alpha value is -4.69. The highest BCUT2D eigenvalue weighted by molar-refractivity contribution is 5.90. The van der Waals surface area contributed by atoms with E-state index in [-0.39, 0.29) is 37.3 Å². The molecule has 1 fully saturated rings. The average molecular weight is 592 g/mol. The Balaban J connectivity index is 1.31. The fourth-order valence-corrected chi connectivity index (χ4v) is 4.77. The van der Waals surface area contributed by atoms with Crippen molar-refractivity contribution in [1.29, 1.82) is 0 Å². The van der Waals surface area contributed by atoms with Crippen LogP contribution in [0.5, 0.6) is 0 Å². The van der Waals surface area contributed by atoms with Gasteiger partial charge in [-0.2, -0.15) is 4.98 Å². The third-order valence-electron chi connectivity index (χ3n) is 7.30. The number of hydrazine groups is 1. The van der Waals surface area contributed by atoms with Gasteiger partial charge in [0.2, 0.25) is 11.8 Å². The molecule has 2 aromatic carbocycles. The number of hydrogen-bond acceptors (Lipinski definition) is 9. The molecule has 6 N–H and O–H groups in total. The molecule has 0 bridgehead atoms. The van der Waals surface area contributed by atoms with Crippen LogP contribution >= 0.6 is 0 Å². The van der Waals surface area contributed by atoms with E-state index in [4.69, 9.17) is 10.6 Å². The van der Waals surface area contributed by atoms with Crippen LogP contribution in [0.1, 0.15) is 24.8 Å². The number of aliphatic hydroxyl groups excluding tert-OH is 2. The average Bonchev–Trinajstić information content (AvgIpc) is 3.30. The molecule has 0 unspecified atom stereocenters. The van der Waals surface area contributed by atoms with Crippen molar-refractivity contribution in [3.63, 3.8) is 0 Å². The van der Waals surface area contributed by atoms with Gasteiger partial charge in [0.1, 0.15) is 18.0 Å². The number of benzene rings is 2. The maximum Gasteiger partial charge on any atom is 0.352 e. The zero-order valence-electron chi connectivity index (χ0n) is 23.3. The van der Waals surface area contributed by atoms with E-state index in [0.29, 0.717) is 11.4 Å². The number of rotatable bonds is 12. The molecule has 1 aliphatic heterocycles. The molecule has 2 amide bonds. The zero-order valence-corrected chi connectivity index (χ0v) is 23.3. The number of nitrogens with zero attached hydrogens (tertiary/aromatic N) is 3. The molecule has 43 heavy (non-hydrogen) atoms. The first-order valence-electron chi connectivity index (χ1n) is 13.5. The number of ether oxygens (including phenoxy) is 1. The van der Waals surface area contributed by atoms with Crippen LogP contribution in [-0.4, -0.2) is 73.0 Å². The Morgan fingerprint density at radius 1 is 1.12 bits per heavy atom. The summed E-state index contributed by atoms with van der Waals surface area (Å²) in [5.74, 6) is 3.11. The highest BCUT2D eigenvalue weighted by Crippen LogP contribution is 2.34. The third-order valence-corrected chi connectivity index (χ3v) is 7.30. The number of amides is 2. The second-order valence-corrected chi connectivity index (χ2v) is 10.1. The van der Waals surface area contributed by atoms with Crippen molar-refractivity contribution >= 4 is 23.6 Å². The summed E-state index contributed by atoms with van der Waals surface area (Å²) in [7, 11) is 0. The standard InChI is InChI=1S/C30H33N5O8/c1-19-24(37)17-43-30(19,18-36)34-16-15-25(33-29(34)42)32-26(38)13-12-23(28(40)41)35(31)27(39)14-9-20-7-10-22(11-8-20)21-5-3-2-4-6-21/h2-8,10-11,15-16,23-24,36-37H,1,9,12-14,17-18,31H2,(H,40,41)(H,32,33,38,42)/t23-,24+,30+/m1/s1. The number of carbonyl (C=O) groups is 3. The van der Waals surface area contributed by atoms with Gasteiger partial charge in [-0.1, -0.05) is 61.2 Å². The SMILES string of the molecule is C=C1[C@@H](O)CO[C@]1(CO)n1ccc(NC(=O)CC[C@H](C(=O)O)N(N)C(=O)CCc2ccc(-c3ccccc3)cc2)nc1=O. The lowest BCUT2D eigenvalue weighted by atomic mass is 10.0. The number of hydrogen-bond donors (Lipinski definition) is 5. The molecule has 0 spiro atoms. The van der Waals surface area contributed by atoms with Crippen LogP contribution in [-0.2, 0) is 31.3 Å². The van der Waals surface area contributed by atoms with Crippen molar-refractivity contribution in [2.24, 2.45) is 5.84 Å². The zero-order chi connectivity index (χ0) is 31.1. The quantitative estimate of drug-likeness (QED) is 0.0877. The van der Waals surface area contributed by atoms with Gasteiger partial charge in [0.05, 0.1) is 13.2 Å². The minimum Gasteiger partial charge on any atom is -0.480 e. The minimum atomic E-state index is -1.69. The molecule has 0 aliphatic carbocycles. The largest absolute Gasteiger partial charge is 0.480 e. The number of aryl methyl sites for hydroxylation is 1. The lowest BCUT2D eigenvalue weighted by molar-refractivity contribution is -0.151. The van der Waals surface area contributed by atoms with Gasteiger partial charge in [-0.3, -0.25) is 19.2 Å². The summed E-state index contributed by atoms with van der Waals surface area (Å²) in [5.41, 5.74) is 0.471. The van der Waals surface area contributed by atoms with Crippen LogP contribution in [0.4, 0.5) is 5.82 Å². The summed E-state index contributed by atoms with van der Waals surface area (Å²) in [4.78, 5) is 53.5. The van der Waals surface area contributed by atoms with E-state index in [1.807, 2.05) is 54.6 Å². The second kappa shape index (κ2) is 13.5. The summed E-state index contributed by atoms with van der Waals surface area (Å²) in [6, 6.07) is 17.3. The lowest BCUT2D eigenvalue weighted by Crippen LogP contribution is -2.50. The van der Waals surface area contributed by atoms with Crippen molar-refractivity contribution in [1.82, 2.24) is 14.6 Å². The van der Waals surface area contributed by atoms with Crippen molar-refractivity contribution in [2.45, 2.75) is 43.6 Å². The summed E-state index contributed by atoms with van der Waals surface area (Å²) >= 11 is 0. The van der Waals surface area contributed by atoms with E-state index in [9.17, 15) is 34.5 Å². The fourth-order valence-electron chi connectivity index (χ4n) is 4.77. The number of carboxylic acids is 1. The van der Waals surface area contributed by atoms with Crippen LogP contribution < -0.4 is 16.8 Å². The van der Waals surface area contributed by atoms with Crippen LogP contribution in [0.25, 0.3) is 11.1 Å². The molecule has 3 atom stereocenters. The van der Waals surface area contributed by atoms with Crippen LogP contribution in [0.3, 0.4) is 0 Å². The number of aliphatic carboxylic acids is 1. The molecule has 1 saturated heterocycles. The van der Waals surface area contributed by atoms with E-state index in [1.165, 1.54) is 12.3 Å². The normalized spacial score (nSPS) is 18.7. The molecule has 0 saturated carbocycles. The van der Waals surface area contributed by atoms with Crippen LogP contribution in [0.15, 0.2) is 83.8 Å². The van der Waals surface area contributed by atoms with Gasteiger partial charge in [0.25, 0.3) is 0 Å². The van der Waals surface area contributed by atoms with Crippen LogP contribution in [0.2, 0.25) is 0 Å². The van der Waals surface area contributed by atoms with Crippen molar-refractivity contribution in [3.05, 3.63) is 95.1 Å². The number of anilines is 1. The van der Waals surface area contributed by atoms with Gasteiger partial charge >= 0.3 is 11.7 Å².